The first-order chi connectivity index (χ1) is 11.4. The van der Waals surface area contributed by atoms with Gasteiger partial charge in [0.05, 0.1) is 6.61 Å². The highest BCUT2D eigenvalue weighted by atomic mass is 16.8. The van der Waals surface area contributed by atoms with Crippen molar-refractivity contribution in [1.82, 2.24) is 0 Å². The average Bonchev–Trinajstić information content (AvgIpc) is 2.57. The van der Waals surface area contributed by atoms with Gasteiger partial charge in [-0.3, -0.25) is 0 Å². The zero-order valence-corrected chi connectivity index (χ0v) is 14.2. The highest BCUT2D eigenvalue weighted by Gasteiger charge is 2.56. The third-order valence-corrected chi connectivity index (χ3v) is 3.79. The Morgan fingerprint density at radius 3 is 2.25 bits per heavy atom. The van der Waals surface area contributed by atoms with E-state index < -0.39 is 29.8 Å². The molecule has 0 saturated carbocycles. The lowest BCUT2D eigenvalue weighted by molar-refractivity contribution is -0.451. The first-order valence-corrected chi connectivity index (χ1v) is 7.17. The molecule has 0 amide bonds. The predicted octanol–water partition coefficient (Wildman–Crippen LogP) is -0.0108. The highest BCUT2D eigenvalue weighted by molar-refractivity contribution is 6.20. The van der Waals surface area contributed by atoms with Gasteiger partial charge in [-0.15, -0.1) is 6.42 Å². The van der Waals surface area contributed by atoms with E-state index in [9.17, 15) is 4.79 Å². The second-order valence-electron chi connectivity index (χ2n) is 5.21. The van der Waals surface area contributed by atoms with Gasteiger partial charge in [0, 0.05) is 14.2 Å². The van der Waals surface area contributed by atoms with Crippen molar-refractivity contribution in [3.63, 3.8) is 0 Å². The summed E-state index contributed by atoms with van der Waals surface area (Å²) in [4.78, 5) is 13.9. The molecule has 134 valence electrons. The minimum absolute atomic E-state index is 0.0920. The molecular formula is C15H22N2O7. The number of hydrogen-bond acceptors (Lipinski definition) is 7. The number of terminal acetylenes is 1. The van der Waals surface area contributed by atoms with Crippen LogP contribution in [0.3, 0.4) is 0 Å². The van der Waals surface area contributed by atoms with Gasteiger partial charge in [0.15, 0.2) is 0 Å². The van der Waals surface area contributed by atoms with E-state index >= 15 is 0 Å². The van der Waals surface area contributed by atoms with Crippen molar-refractivity contribution in [2.24, 2.45) is 0 Å². The van der Waals surface area contributed by atoms with Crippen molar-refractivity contribution in [1.29, 1.82) is 0 Å². The maximum atomic E-state index is 11.3. The van der Waals surface area contributed by atoms with Crippen LogP contribution < -0.4 is 0 Å². The first-order valence-electron chi connectivity index (χ1n) is 7.17. The third-order valence-electron chi connectivity index (χ3n) is 3.79. The lowest BCUT2D eigenvalue weighted by atomic mass is 10.0. The second-order valence-corrected chi connectivity index (χ2v) is 5.21. The van der Waals surface area contributed by atoms with Crippen molar-refractivity contribution in [2.75, 3.05) is 34.0 Å². The standard InChI is InChI=1S/C15H22N2O7/c1-6-7-21-9-11-12(10-22-13(18)8-17-16)24-15(3,20-5)14(2,19-4)23-11/h1,8,11-12H,7,9-10H2,2-5H3/t11-,12-,14+,15+/m0/s1. The summed E-state index contributed by atoms with van der Waals surface area (Å²) >= 11 is 0. The van der Waals surface area contributed by atoms with Crippen LogP contribution in [0.1, 0.15) is 13.8 Å². The summed E-state index contributed by atoms with van der Waals surface area (Å²) < 4.78 is 32.9. The van der Waals surface area contributed by atoms with Crippen LogP contribution in [0.2, 0.25) is 0 Å². The number of methoxy groups -OCH3 is 2. The Morgan fingerprint density at radius 1 is 1.25 bits per heavy atom. The molecule has 4 atom stereocenters. The predicted molar refractivity (Wildman–Crippen MR) is 80.9 cm³/mol. The Hall–Kier alpha value is -1.79. The van der Waals surface area contributed by atoms with Gasteiger partial charge in [-0.25, -0.2) is 4.79 Å². The summed E-state index contributed by atoms with van der Waals surface area (Å²) in [6.45, 7) is 3.31. The molecule has 0 bridgehead atoms. The molecule has 0 unspecified atom stereocenters. The van der Waals surface area contributed by atoms with Gasteiger partial charge < -0.3 is 34.0 Å². The summed E-state index contributed by atoms with van der Waals surface area (Å²) in [6.07, 6.45) is 4.43. The Balaban J connectivity index is 2.91. The normalized spacial score (nSPS) is 32.5. The molecule has 9 nitrogen and oxygen atoms in total. The van der Waals surface area contributed by atoms with E-state index in [4.69, 9.17) is 40.4 Å². The van der Waals surface area contributed by atoms with Crippen LogP contribution in [0.15, 0.2) is 0 Å². The van der Waals surface area contributed by atoms with Crippen LogP contribution in [0, 0.1) is 12.3 Å². The van der Waals surface area contributed by atoms with E-state index in [1.807, 2.05) is 0 Å². The van der Waals surface area contributed by atoms with Crippen LogP contribution in [0.5, 0.6) is 0 Å². The molecule has 1 aliphatic rings. The van der Waals surface area contributed by atoms with Crippen LogP contribution >= 0.6 is 0 Å². The summed E-state index contributed by atoms with van der Waals surface area (Å²) in [6, 6.07) is 0. The topological polar surface area (TPSA) is 109 Å². The zero-order chi connectivity index (χ0) is 18.2. The van der Waals surface area contributed by atoms with Gasteiger partial charge in [-0.2, -0.15) is 4.79 Å². The van der Waals surface area contributed by atoms with Crippen molar-refractivity contribution in [3.8, 4) is 12.3 Å². The minimum Gasteiger partial charge on any atom is -0.454 e. The maximum absolute atomic E-state index is 11.3. The first kappa shape index (κ1) is 20.3. The molecule has 1 heterocycles. The van der Waals surface area contributed by atoms with E-state index in [2.05, 4.69) is 10.7 Å². The Labute approximate surface area is 140 Å². The smallest absolute Gasteiger partial charge is 0.413 e. The van der Waals surface area contributed by atoms with Crippen LogP contribution in [0.4, 0.5) is 0 Å². The summed E-state index contributed by atoms with van der Waals surface area (Å²) in [5.74, 6) is -0.965. The number of carbonyl (C=O) groups is 1. The fraction of sp³-hybridized carbons (Fsp3) is 0.733. The van der Waals surface area contributed by atoms with Gasteiger partial charge in [0.2, 0.25) is 11.6 Å². The molecule has 0 spiro atoms. The fourth-order valence-corrected chi connectivity index (χ4v) is 2.18. The second kappa shape index (κ2) is 8.89. The van der Waals surface area contributed by atoms with Crippen molar-refractivity contribution < 1.29 is 38.0 Å². The lowest BCUT2D eigenvalue weighted by Crippen LogP contribution is -2.66. The average molecular weight is 342 g/mol. The molecular weight excluding hydrogens is 320 g/mol. The molecule has 0 radical (unpaired) electrons. The van der Waals surface area contributed by atoms with E-state index in [1.165, 1.54) is 14.2 Å². The summed E-state index contributed by atoms with van der Waals surface area (Å²) in [5, 5.41) is 0. The molecule has 1 fully saturated rings. The lowest BCUT2D eigenvalue weighted by Gasteiger charge is -2.51. The molecule has 0 N–H and O–H groups in total. The number of carbonyl (C=O) groups excluding carboxylic acids is 1. The monoisotopic (exact) mass is 342 g/mol. The van der Waals surface area contributed by atoms with Gasteiger partial charge in [0.1, 0.15) is 25.4 Å². The molecule has 1 aliphatic heterocycles. The van der Waals surface area contributed by atoms with E-state index in [1.54, 1.807) is 13.8 Å². The Bertz CT molecular complexity index is 528. The molecule has 0 aliphatic carbocycles. The maximum Gasteiger partial charge on any atom is 0.413 e. The Morgan fingerprint density at radius 2 is 1.79 bits per heavy atom. The minimum atomic E-state index is -1.26. The number of nitrogens with zero attached hydrogens (tertiary/aromatic N) is 2. The van der Waals surface area contributed by atoms with Crippen LogP contribution in [-0.4, -0.2) is 74.8 Å². The SMILES string of the molecule is C#CCOC[C@@H]1O[C@@](C)(OC)[C@](C)(OC)O[C@H]1COC(=O)C=[N+]=[N-]. The quantitative estimate of drug-likeness (QED) is 0.152. The van der Waals surface area contributed by atoms with Gasteiger partial charge >= 0.3 is 12.2 Å². The summed E-state index contributed by atoms with van der Waals surface area (Å²) in [7, 11) is 2.90. The number of hydrogen-bond donors (Lipinski definition) is 0. The molecule has 24 heavy (non-hydrogen) atoms. The van der Waals surface area contributed by atoms with Gasteiger partial charge in [-0.05, 0) is 13.8 Å². The Kier molecular flexibility index (Phi) is 7.51. The molecule has 1 rings (SSSR count). The van der Waals surface area contributed by atoms with Crippen molar-refractivity contribution in [2.45, 2.75) is 37.6 Å². The van der Waals surface area contributed by atoms with E-state index in [-0.39, 0.29) is 19.8 Å². The van der Waals surface area contributed by atoms with E-state index in [0.29, 0.717) is 6.21 Å². The van der Waals surface area contributed by atoms with E-state index in [0.717, 1.165) is 0 Å². The molecule has 0 aromatic heterocycles. The summed E-state index contributed by atoms with van der Waals surface area (Å²) in [5.41, 5.74) is 8.33. The van der Waals surface area contributed by atoms with Crippen LogP contribution in [0.25, 0.3) is 5.53 Å². The molecule has 0 aromatic carbocycles. The van der Waals surface area contributed by atoms with Crippen molar-refractivity contribution >= 4 is 12.2 Å². The van der Waals surface area contributed by atoms with Gasteiger partial charge in [0.25, 0.3) is 0 Å². The molecule has 1 saturated heterocycles. The number of esters is 1. The molecule has 9 heteroatoms. The fourth-order valence-electron chi connectivity index (χ4n) is 2.18. The van der Waals surface area contributed by atoms with Crippen LogP contribution in [-0.2, 0) is 33.2 Å². The van der Waals surface area contributed by atoms with Crippen molar-refractivity contribution in [3.05, 3.63) is 5.53 Å². The highest BCUT2D eigenvalue weighted by Crippen LogP contribution is 2.39. The van der Waals surface area contributed by atoms with Gasteiger partial charge in [-0.1, -0.05) is 5.92 Å². The third kappa shape index (κ3) is 4.61. The number of ether oxygens (including phenoxy) is 6. The molecule has 0 aromatic rings. The number of rotatable bonds is 8. The largest absolute Gasteiger partial charge is 0.454 e. The zero-order valence-electron chi connectivity index (χ0n) is 14.2.